The molecule has 0 spiro atoms. The topological polar surface area (TPSA) is 84.0 Å². The molecule has 0 bridgehead atoms. The van der Waals surface area contributed by atoms with E-state index in [1.807, 2.05) is 0 Å². The Hall–Kier alpha value is -1.90. The Morgan fingerprint density at radius 1 is 1.19 bits per heavy atom. The molecule has 1 fully saturated rings. The SMILES string of the molecule is COc1ccc(/C=C/C(=O)CCC(=O)N2CCN(S(C)(=O)=O)CC2)cc1Cl. The second kappa shape index (κ2) is 9.34. The summed E-state index contributed by atoms with van der Waals surface area (Å²) in [6, 6.07) is 5.18. The Kier molecular flexibility index (Phi) is 7.41. The first kappa shape index (κ1) is 21.4. The molecule has 148 valence electrons. The molecule has 1 saturated heterocycles. The zero-order chi connectivity index (χ0) is 20.0. The summed E-state index contributed by atoms with van der Waals surface area (Å²) in [5, 5.41) is 0.454. The lowest BCUT2D eigenvalue weighted by molar-refractivity contribution is -0.133. The van der Waals surface area contributed by atoms with E-state index >= 15 is 0 Å². The summed E-state index contributed by atoms with van der Waals surface area (Å²) in [5.41, 5.74) is 0.761. The van der Waals surface area contributed by atoms with Gasteiger partial charge in [0.1, 0.15) is 5.75 Å². The van der Waals surface area contributed by atoms with E-state index in [1.165, 1.54) is 17.5 Å². The number of sulfonamides is 1. The monoisotopic (exact) mass is 414 g/mol. The summed E-state index contributed by atoms with van der Waals surface area (Å²) in [6.45, 7) is 1.27. The number of allylic oxidation sites excluding steroid dienone is 1. The second-order valence-electron chi connectivity index (χ2n) is 6.24. The molecule has 2 rings (SSSR count). The summed E-state index contributed by atoms with van der Waals surface area (Å²) in [6.07, 6.45) is 4.43. The average molecular weight is 415 g/mol. The van der Waals surface area contributed by atoms with Gasteiger partial charge in [-0.3, -0.25) is 9.59 Å². The Balaban J connectivity index is 1.80. The fraction of sp³-hybridized carbons (Fsp3) is 0.444. The zero-order valence-corrected chi connectivity index (χ0v) is 16.9. The van der Waals surface area contributed by atoms with Crippen LogP contribution in [0.25, 0.3) is 6.08 Å². The minimum atomic E-state index is -3.23. The van der Waals surface area contributed by atoms with Crippen LogP contribution >= 0.6 is 11.6 Å². The number of benzene rings is 1. The van der Waals surface area contributed by atoms with Crippen LogP contribution in [-0.2, 0) is 19.6 Å². The van der Waals surface area contributed by atoms with Crippen LogP contribution in [0.5, 0.6) is 5.75 Å². The van der Waals surface area contributed by atoms with Crippen LogP contribution in [0.1, 0.15) is 18.4 Å². The number of methoxy groups -OCH3 is 1. The third-order valence-electron chi connectivity index (χ3n) is 4.28. The van der Waals surface area contributed by atoms with Crippen molar-refractivity contribution in [3.8, 4) is 5.75 Å². The van der Waals surface area contributed by atoms with E-state index in [9.17, 15) is 18.0 Å². The highest BCUT2D eigenvalue weighted by Gasteiger charge is 2.25. The minimum absolute atomic E-state index is 0.103. The van der Waals surface area contributed by atoms with Crippen molar-refractivity contribution in [1.82, 2.24) is 9.21 Å². The first-order valence-corrected chi connectivity index (χ1v) is 10.7. The Morgan fingerprint density at radius 2 is 1.85 bits per heavy atom. The van der Waals surface area contributed by atoms with Gasteiger partial charge in [-0.1, -0.05) is 23.7 Å². The van der Waals surface area contributed by atoms with Gasteiger partial charge in [-0.2, -0.15) is 4.31 Å². The van der Waals surface area contributed by atoms with E-state index in [-0.39, 0.29) is 37.6 Å². The molecular formula is C18H23ClN2O5S. The van der Waals surface area contributed by atoms with E-state index in [2.05, 4.69) is 0 Å². The van der Waals surface area contributed by atoms with Crippen LogP contribution in [0.15, 0.2) is 24.3 Å². The number of rotatable bonds is 7. The van der Waals surface area contributed by atoms with E-state index in [1.54, 1.807) is 29.2 Å². The smallest absolute Gasteiger partial charge is 0.223 e. The van der Waals surface area contributed by atoms with Gasteiger partial charge in [-0.15, -0.1) is 0 Å². The van der Waals surface area contributed by atoms with Crippen molar-refractivity contribution < 1.29 is 22.7 Å². The minimum Gasteiger partial charge on any atom is -0.495 e. The first-order chi connectivity index (χ1) is 12.7. The summed E-state index contributed by atoms with van der Waals surface area (Å²) in [5.74, 6) is 0.254. The Bertz CT molecular complexity index is 830. The van der Waals surface area contributed by atoms with E-state index in [4.69, 9.17) is 16.3 Å². The normalized spacial score (nSPS) is 15.9. The number of carbonyl (C=O) groups excluding carboxylic acids is 2. The zero-order valence-electron chi connectivity index (χ0n) is 15.4. The molecule has 1 aliphatic rings. The fourth-order valence-corrected chi connectivity index (χ4v) is 3.81. The maximum atomic E-state index is 12.2. The van der Waals surface area contributed by atoms with Gasteiger partial charge in [0.05, 0.1) is 18.4 Å². The number of carbonyl (C=O) groups is 2. The van der Waals surface area contributed by atoms with E-state index in [0.717, 1.165) is 11.8 Å². The van der Waals surface area contributed by atoms with Gasteiger partial charge in [-0.25, -0.2) is 8.42 Å². The molecule has 1 heterocycles. The van der Waals surface area contributed by atoms with Crippen molar-refractivity contribution in [1.29, 1.82) is 0 Å². The van der Waals surface area contributed by atoms with Gasteiger partial charge in [-0.05, 0) is 23.8 Å². The van der Waals surface area contributed by atoms with Gasteiger partial charge in [0.2, 0.25) is 15.9 Å². The number of hydrogen-bond acceptors (Lipinski definition) is 5. The first-order valence-electron chi connectivity index (χ1n) is 8.48. The number of halogens is 1. The molecule has 0 unspecified atom stereocenters. The summed E-state index contributed by atoms with van der Waals surface area (Å²) < 4.78 is 29.4. The van der Waals surface area contributed by atoms with Gasteiger partial charge >= 0.3 is 0 Å². The van der Waals surface area contributed by atoms with Crippen molar-refractivity contribution in [2.75, 3.05) is 39.5 Å². The maximum absolute atomic E-state index is 12.2. The fourth-order valence-electron chi connectivity index (χ4n) is 2.72. The molecule has 1 amide bonds. The summed E-state index contributed by atoms with van der Waals surface area (Å²) in [4.78, 5) is 25.8. The highest BCUT2D eigenvalue weighted by molar-refractivity contribution is 7.88. The van der Waals surface area contributed by atoms with Crippen LogP contribution in [0.3, 0.4) is 0 Å². The van der Waals surface area contributed by atoms with Crippen molar-refractivity contribution in [3.05, 3.63) is 34.9 Å². The lowest BCUT2D eigenvalue weighted by Gasteiger charge is -2.33. The highest BCUT2D eigenvalue weighted by atomic mass is 35.5. The van der Waals surface area contributed by atoms with Crippen molar-refractivity contribution in [2.24, 2.45) is 0 Å². The predicted octanol–water partition coefficient (Wildman–Crippen LogP) is 1.81. The van der Waals surface area contributed by atoms with E-state index < -0.39 is 10.0 Å². The highest BCUT2D eigenvalue weighted by Crippen LogP contribution is 2.25. The summed E-state index contributed by atoms with van der Waals surface area (Å²) >= 11 is 6.04. The quantitative estimate of drug-likeness (QED) is 0.635. The Labute approximate surface area is 164 Å². The number of amides is 1. The van der Waals surface area contributed by atoms with Crippen LogP contribution in [0.4, 0.5) is 0 Å². The third kappa shape index (κ3) is 6.34. The number of piperazine rings is 1. The molecule has 1 aromatic carbocycles. The molecule has 7 nitrogen and oxygen atoms in total. The Morgan fingerprint density at radius 3 is 2.41 bits per heavy atom. The van der Waals surface area contributed by atoms with Crippen LogP contribution in [0.2, 0.25) is 5.02 Å². The molecule has 1 aliphatic heterocycles. The molecule has 0 aliphatic carbocycles. The number of ether oxygens (including phenoxy) is 1. The molecule has 9 heteroatoms. The molecule has 0 aromatic heterocycles. The lowest BCUT2D eigenvalue weighted by atomic mass is 10.1. The number of ketones is 1. The number of nitrogens with zero attached hydrogens (tertiary/aromatic N) is 2. The van der Waals surface area contributed by atoms with Gasteiger partial charge in [0.15, 0.2) is 5.78 Å². The van der Waals surface area contributed by atoms with E-state index in [0.29, 0.717) is 23.9 Å². The molecule has 27 heavy (non-hydrogen) atoms. The van der Waals surface area contributed by atoms with Crippen molar-refractivity contribution in [2.45, 2.75) is 12.8 Å². The molecule has 1 aromatic rings. The number of hydrogen-bond donors (Lipinski definition) is 0. The maximum Gasteiger partial charge on any atom is 0.223 e. The van der Waals surface area contributed by atoms with Crippen LogP contribution in [-0.4, -0.2) is 68.9 Å². The van der Waals surface area contributed by atoms with Gasteiger partial charge < -0.3 is 9.64 Å². The molecule has 0 N–H and O–H groups in total. The van der Waals surface area contributed by atoms with Gasteiger partial charge in [0.25, 0.3) is 0 Å². The molecule has 0 saturated carbocycles. The molecular weight excluding hydrogens is 392 g/mol. The largest absolute Gasteiger partial charge is 0.495 e. The molecule has 0 radical (unpaired) electrons. The van der Waals surface area contributed by atoms with Crippen molar-refractivity contribution >= 4 is 39.4 Å². The predicted molar refractivity (Wildman–Crippen MR) is 104 cm³/mol. The second-order valence-corrected chi connectivity index (χ2v) is 8.63. The third-order valence-corrected chi connectivity index (χ3v) is 5.88. The average Bonchev–Trinajstić information content (AvgIpc) is 2.64. The van der Waals surface area contributed by atoms with Crippen LogP contribution in [0, 0.1) is 0 Å². The lowest BCUT2D eigenvalue weighted by Crippen LogP contribution is -2.50. The van der Waals surface area contributed by atoms with Gasteiger partial charge in [0, 0.05) is 39.0 Å². The summed E-state index contributed by atoms with van der Waals surface area (Å²) in [7, 11) is -1.70. The standard InChI is InChI=1S/C18H23ClN2O5S/c1-26-17-7-4-14(13-16(17)19)3-5-15(22)6-8-18(23)20-9-11-21(12-10-20)27(2,24)25/h3-5,7,13H,6,8-12H2,1-2H3/b5-3+. The molecule has 0 atom stereocenters. The van der Waals surface area contributed by atoms with Crippen molar-refractivity contribution in [3.63, 3.8) is 0 Å². The van der Waals surface area contributed by atoms with Crippen LogP contribution < -0.4 is 4.74 Å².